The molecule has 0 saturated carbocycles. The number of benzene rings is 1. The molecule has 0 aliphatic carbocycles. The first-order valence-corrected chi connectivity index (χ1v) is 7.48. The monoisotopic (exact) mass is 336 g/mol. The van der Waals surface area contributed by atoms with Gasteiger partial charge in [0.15, 0.2) is 6.79 Å². The number of fused-ring (bicyclic) bond motifs is 1. The summed E-state index contributed by atoms with van der Waals surface area (Å²) < 4.78 is 25.9. The van der Waals surface area contributed by atoms with Gasteiger partial charge >= 0.3 is 5.69 Å². The fraction of sp³-hybridized carbons (Fsp3) is 0.400. The van der Waals surface area contributed by atoms with Crippen LogP contribution in [0, 0.1) is 22.9 Å². The molecule has 9 heteroatoms. The van der Waals surface area contributed by atoms with E-state index in [4.69, 9.17) is 9.47 Å². The molecule has 2 aromatic rings. The van der Waals surface area contributed by atoms with E-state index in [9.17, 15) is 14.5 Å². The van der Waals surface area contributed by atoms with Crippen LogP contribution in [0.2, 0.25) is 0 Å². The van der Waals surface area contributed by atoms with Gasteiger partial charge in [-0.3, -0.25) is 10.1 Å². The minimum absolute atomic E-state index is 0.0774. The molecule has 1 aromatic heterocycles. The zero-order chi connectivity index (χ0) is 17.3. The first kappa shape index (κ1) is 16.2. The SMILES string of the molecule is CCn1nc(C)c([N+](=O)[O-])c1NCc1cc(F)cc2c1OCOC2. The van der Waals surface area contributed by atoms with Gasteiger partial charge in [-0.25, -0.2) is 9.07 Å². The molecule has 8 nitrogen and oxygen atoms in total. The number of aromatic nitrogens is 2. The number of hydrogen-bond donors (Lipinski definition) is 1. The number of ether oxygens (including phenoxy) is 2. The third kappa shape index (κ3) is 2.90. The molecule has 1 aliphatic rings. The highest BCUT2D eigenvalue weighted by Crippen LogP contribution is 2.32. The molecule has 1 N–H and O–H groups in total. The molecule has 24 heavy (non-hydrogen) atoms. The molecule has 3 rings (SSSR count). The van der Waals surface area contributed by atoms with Crippen molar-refractivity contribution in [3.63, 3.8) is 0 Å². The van der Waals surface area contributed by atoms with Crippen LogP contribution in [0.4, 0.5) is 15.9 Å². The van der Waals surface area contributed by atoms with Crippen LogP contribution in [0.25, 0.3) is 0 Å². The Hall–Kier alpha value is -2.68. The van der Waals surface area contributed by atoms with Crippen molar-refractivity contribution in [2.75, 3.05) is 12.1 Å². The van der Waals surface area contributed by atoms with E-state index in [0.717, 1.165) is 0 Å². The second kappa shape index (κ2) is 6.44. The maximum absolute atomic E-state index is 13.8. The third-order valence-corrected chi connectivity index (χ3v) is 3.78. The number of aryl methyl sites for hydroxylation is 2. The molecule has 1 aliphatic heterocycles. The second-order valence-electron chi connectivity index (χ2n) is 5.37. The lowest BCUT2D eigenvalue weighted by molar-refractivity contribution is -0.384. The highest BCUT2D eigenvalue weighted by atomic mass is 19.1. The van der Waals surface area contributed by atoms with Crippen LogP contribution in [0.5, 0.6) is 5.75 Å². The zero-order valence-electron chi connectivity index (χ0n) is 13.3. The topological polar surface area (TPSA) is 91.5 Å². The van der Waals surface area contributed by atoms with Gasteiger partial charge in [0.25, 0.3) is 0 Å². The van der Waals surface area contributed by atoms with E-state index in [1.54, 1.807) is 6.92 Å². The van der Waals surface area contributed by atoms with Crippen molar-refractivity contribution in [3.8, 4) is 5.75 Å². The fourth-order valence-electron chi connectivity index (χ4n) is 2.76. The Morgan fingerprint density at radius 1 is 1.50 bits per heavy atom. The number of nitro groups is 1. The predicted octanol–water partition coefficient (Wildman–Crippen LogP) is 2.74. The van der Waals surface area contributed by atoms with Crippen molar-refractivity contribution < 1.29 is 18.8 Å². The Bertz CT molecular complexity index is 790. The zero-order valence-corrected chi connectivity index (χ0v) is 13.3. The number of nitrogens with zero attached hydrogens (tertiary/aromatic N) is 3. The second-order valence-corrected chi connectivity index (χ2v) is 5.37. The summed E-state index contributed by atoms with van der Waals surface area (Å²) in [4.78, 5) is 10.8. The lowest BCUT2D eigenvalue weighted by Gasteiger charge is -2.21. The van der Waals surface area contributed by atoms with E-state index in [1.165, 1.54) is 16.8 Å². The van der Waals surface area contributed by atoms with Crippen LogP contribution in [-0.4, -0.2) is 21.5 Å². The molecular formula is C15H17FN4O4. The summed E-state index contributed by atoms with van der Waals surface area (Å²) in [5.41, 5.74) is 1.44. The van der Waals surface area contributed by atoms with Crippen molar-refractivity contribution >= 4 is 11.5 Å². The predicted molar refractivity (Wildman–Crippen MR) is 83.3 cm³/mol. The summed E-state index contributed by atoms with van der Waals surface area (Å²) in [5, 5.41) is 18.4. The number of rotatable bonds is 5. The van der Waals surface area contributed by atoms with Crippen LogP contribution < -0.4 is 10.1 Å². The van der Waals surface area contributed by atoms with E-state index in [-0.39, 0.29) is 25.6 Å². The standard InChI is InChI=1S/C15H17FN4O4/c1-3-19-15(13(20(21)22)9(2)18-19)17-6-10-4-12(16)5-11-7-23-8-24-14(10)11/h4-5,17H,3,6-8H2,1-2H3. The van der Waals surface area contributed by atoms with Crippen molar-refractivity contribution in [1.82, 2.24) is 9.78 Å². The number of anilines is 1. The highest BCUT2D eigenvalue weighted by Gasteiger charge is 2.25. The summed E-state index contributed by atoms with van der Waals surface area (Å²) in [6, 6.07) is 2.71. The molecule has 128 valence electrons. The minimum atomic E-state index is -0.470. The Balaban J connectivity index is 1.92. The lowest BCUT2D eigenvalue weighted by atomic mass is 10.1. The maximum atomic E-state index is 13.8. The highest BCUT2D eigenvalue weighted by molar-refractivity contribution is 5.60. The third-order valence-electron chi connectivity index (χ3n) is 3.78. The lowest BCUT2D eigenvalue weighted by Crippen LogP contribution is -2.15. The average molecular weight is 336 g/mol. The number of nitrogens with one attached hydrogen (secondary N) is 1. The van der Waals surface area contributed by atoms with E-state index in [1.807, 2.05) is 6.92 Å². The fourth-order valence-corrected chi connectivity index (χ4v) is 2.76. The van der Waals surface area contributed by atoms with Gasteiger partial charge in [-0.05, 0) is 26.0 Å². The number of halogens is 1. The van der Waals surface area contributed by atoms with E-state index < -0.39 is 10.7 Å². The first-order valence-electron chi connectivity index (χ1n) is 7.48. The van der Waals surface area contributed by atoms with E-state index >= 15 is 0 Å². The molecule has 0 bridgehead atoms. The molecule has 0 radical (unpaired) electrons. The molecule has 1 aromatic carbocycles. The first-order chi connectivity index (χ1) is 11.5. The Morgan fingerprint density at radius 3 is 3.00 bits per heavy atom. The summed E-state index contributed by atoms with van der Waals surface area (Å²) in [5.74, 6) is 0.441. The molecule has 0 atom stereocenters. The van der Waals surface area contributed by atoms with Crippen molar-refractivity contribution in [2.24, 2.45) is 0 Å². The Morgan fingerprint density at radius 2 is 2.29 bits per heavy atom. The summed E-state index contributed by atoms with van der Waals surface area (Å²) >= 11 is 0. The van der Waals surface area contributed by atoms with Gasteiger partial charge in [-0.15, -0.1) is 0 Å². The average Bonchev–Trinajstić information content (AvgIpc) is 2.88. The van der Waals surface area contributed by atoms with Crippen molar-refractivity contribution in [3.05, 3.63) is 44.9 Å². The van der Waals surface area contributed by atoms with E-state index in [2.05, 4.69) is 10.4 Å². The largest absolute Gasteiger partial charge is 0.467 e. The number of hydrogen-bond acceptors (Lipinski definition) is 6. The molecular weight excluding hydrogens is 319 g/mol. The maximum Gasteiger partial charge on any atom is 0.333 e. The minimum Gasteiger partial charge on any atom is -0.467 e. The van der Waals surface area contributed by atoms with Gasteiger partial charge in [-0.2, -0.15) is 5.10 Å². The molecule has 0 amide bonds. The quantitative estimate of drug-likeness (QED) is 0.667. The normalized spacial score (nSPS) is 13.3. The van der Waals surface area contributed by atoms with Gasteiger partial charge in [-0.1, -0.05) is 0 Å². The summed E-state index contributed by atoms with van der Waals surface area (Å²) in [7, 11) is 0. The van der Waals surface area contributed by atoms with Crippen molar-refractivity contribution in [2.45, 2.75) is 33.5 Å². The smallest absolute Gasteiger partial charge is 0.333 e. The summed E-state index contributed by atoms with van der Waals surface area (Å²) in [6.07, 6.45) is 0. The van der Waals surface area contributed by atoms with Crippen LogP contribution >= 0.6 is 0 Å². The van der Waals surface area contributed by atoms with E-state index in [0.29, 0.717) is 34.9 Å². The Kier molecular flexibility index (Phi) is 4.34. The summed E-state index contributed by atoms with van der Waals surface area (Å²) in [6.45, 7) is 4.44. The van der Waals surface area contributed by atoms with Crippen molar-refractivity contribution in [1.29, 1.82) is 0 Å². The van der Waals surface area contributed by atoms with Gasteiger partial charge in [0, 0.05) is 24.2 Å². The van der Waals surface area contributed by atoms with Gasteiger partial charge in [0.1, 0.15) is 17.3 Å². The molecule has 0 fully saturated rings. The van der Waals surface area contributed by atoms with Crippen LogP contribution in [-0.2, 0) is 24.4 Å². The van der Waals surface area contributed by atoms with Crippen LogP contribution in [0.3, 0.4) is 0 Å². The molecule has 0 saturated heterocycles. The molecule has 0 unspecified atom stereocenters. The van der Waals surface area contributed by atoms with Gasteiger partial charge in [0.2, 0.25) is 5.82 Å². The van der Waals surface area contributed by atoms with Gasteiger partial charge < -0.3 is 14.8 Å². The van der Waals surface area contributed by atoms with Crippen LogP contribution in [0.1, 0.15) is 23.7 Å². The molecule has 2 heterocycles. The van der Waals surface area contributed by atoms with Gasteiger partial charge in [0.05, 0.1) is 11.5 Å². The Labute approximate surface area is 137 Å². The van der Waals surface area contributed by atoms with Crippen LogP contribution in [0.15, 0.2) is 12.1 Å². The molecule has 0 spiro atoms.